The largest absolute Gasteiger partial charge is 0.361 e. The number of carbonyl (C=O) groups is 1. The van der Waals surface area contributed by atoms with E-state index in [1.807, 2.05) is 48.5 Å². The van der Waals surface area contributed by atoms with Crippen molar-refractivity contribution in [2.24, 2.45) is 0 Å². The minimum absolute atomic E-state index is 0.280. The van der Waals surface area contributed by atoms with Gasteiger partial charge in [0.2, 0.25) is 0 Å². The Balaban J connectivity index is 1.43. The quantitative estimate of drug-likeness (QED) is 0.419. The molecule has 0 bridgehead atoms. The zero-order chi connectivity index (χ0) is 17.6. The lowest BCUT2D eigenvalue weighted by Crippen LogP contribution is -2.47. The van der Waals surface area contributed by atoms with Crippen LogP contribution in [0.1, 0.15) is 16.1 Å². The SMILES string of the molecule is O=C(NNC(=S)NCCc1ccc(Cl)cc1)c1cc2ccccc2[nH]1. The van der Waals surface area contributed by atoms with Crippen molar-refractivity contribution in [3.63, 3.8) is 0 Å². The summed E-state index contributed by atoms with van der Waals surface area (Å²) in [5.41, 5.74) is 7.81. The fourth-order valence-corrected chi connectivity index (χ4v) is 2.67. The van der Waals surface area contributed by atoms with Crippen LogP contribution >= 0.6 is 23.8 Å². The van der Waals surface area contributed by atoms with Crippen molar-refractivity contribution in [3.05, 3.63) is 70.9 Å². The summed E-state index contributed by atoms with van der Waals surface area (Å²) in [7, 11) is 0. The minimum atomic E-state index is -0.280. The lowest BCUT2D eigenvalue weighted by molar-refractivity contribution is 0.0939. The lowest BCUT2D eigenvalue weighted by atomic mass is 10.1. The van der Waals surface area contributed by atoms with Gasteiger partial charge in [-0.25, -0.2) is 0 Å². The average molecular weight is 373 g/mol. The molecule has 0 aliphatic rings. The fraction of sp³-hybridized carbons (Fsp3) is 0.111. The van der Waals surface area contributed by atoms with Crippen LogP contribution in [0, 0.1) is 0 Å². The molecule has 1 amide bonds. The maximum atomic E-state index is 12.1. The van der Waals surface area contributed by atoms with Gasteiger partial charge in [-0.15, -0.1) is 0 Å². The Morgan fingerprint density at radius 3 is 2.60 bits per heavy atom. The first kappa shape index (κ1) is 17.3. The Morgan fingerprint density at radius 1 is 1.08 bits per heavy atom. The highest BCUT2D eigenvalue weighted by Crippen LogP contribution is 2.14. The van der Waals surface area contributed by atoms with Gasteiger partial charge >= 0.3 is 0 Å². The van der Waals surface area contributed by atoms with Gasteiger partial charge in [0.05, 0.1) is 0 Å². The normalized spacial score (nSPS) is 10.4. The molecule has 0 unspecified atom stereocenters. The van der Waals surface area contributed by atoms with Gasteiger partial charge in [0, 0.05) is 22.5 Å². The van der Waals surface area contributed by atoms with E-state index in [1.165, 1.54) is 0 Å². The standard InChI is InChI=1S/C18H17ClN4OS/c19-14-7-5-12(6-8-14)9-10-20-18(25)23-22-17(24)16-11-13-3-1-2-4-15(13)21-16/h1-8,11,21H,9-10H2,(H,22,24)(H2,20,23,25). The van der Waals surface area contributed by atoms with Crippen molar-refractivity contribution in [1.82, 2.24) is 21.2 Å². The van der Waals surface area contributed by atoms with Crippen LogP contribution < -0.4 is 16.2 Å². The molecule has 1 aromatic heterocycles. The van der Waals surface area contributed by atoms with Gasteiger partial charge < -0.3 is 10.3 Å². The van der Waals surface area contributed by atoms with E-state index in [9.17, 15) is 4.79 Å². The van der Waals surface area contributed by atoms with Gasteiger partial charge in [0.1, 0.15) is 5.69 Å². The molecule has 0 fully saturated rings. The monoisotopic (exact) mass is 372 g/mol. The lowest BCUT2D eigenvalue weighted by Gasteiger charge is -2.11. The molecule has 25 heavy (non-hydrogen) atoms. The highest BCUT2D eigenvalue weighted by molar-refractivity contribution is 7.80. The molecular weight excluding hydrogens is 356 g/mol. The van der Waals surface area contributed by atoms with Crippen LogP contribution in [0.15, 0.2) is 54.6 Å². The Labute approximate surface area is 155 Å². The second kappa shape index (κ2) is 8.00. The molecule has 3 aromatic rings. The Bertz CT molecular complexity index is 858. The summed E-state index contributed by atoms with van der Waals surface area (Å²) in [5.74, 6) is -0.280. The van der Waals surface area contributed by atoms with E-state index < -0.39 is 0 Å². The number of halogens is 1. The van der Waals surface area contributed by atoms with Crippen molar-refractivity contribution < 1.29 is 4.79 Å². The number of amides is 1. The van der Waals surface area contributed by atoms with Crippen molar-refractivity contribution in [2.45, 2.75) is 6.42 Å². The molecule has 0 atom stereocenters. The first-order valence-corrected chi connectivity index (χ1v) is 8.57. The highest BCUT2D eigenvalue weighted by atomic mass is 35.5. The number of rotatable bonds is 4. The number of hydrogen-bond donors (Lipinski definition) is 4. The maximum absolute atomic E-state index is 12.1. The second-order valence-electron chi connectivity index (χ2n) is 5.48. The summed E-state index contributed by atoms with van der Waals surface area (Å²) in [6.45, 7) is 0.649. The molecule has 5 nitrogen and oxygen atoms in total. The van der Waals surface area contributed by atoms with Gasteiger partial charge in [-0.3, -0.25) is 15.6 Å². The summed E-state index contributed by atoms with van der Waals surface area (Å²) < 4.78 is 0. The smallest absolute Gasteiger partial charge is 0.286 e. The molecule has 4 N–H and O–H groups in total. The van der Waals surface area contributed by atoms with E-state index in [1.54, 1.807) is 6.07 Å². The van der Waals surface area contributed by atoms with E-state index in [0.717, 1.165) is 22.9 Å². The minimum Gasteiger partial charge on any atom is -0.361 e. The first-order valence-electron chi connectivity index (χ1n) is 7.78. The number of nitrogens with one attached hydrogen (secondary N) is 4. The number of fused-ring (bicyclic) bond motifs is 1. The molecule has 0 aliphatic carbocycles. The Kier molecular flexibility index (Phi) is 5.53. The summed E-state index contributed by atoms with van der Waals surface area (Å²) in [4.78, 5) is 15.2. The maximum Gasteiger partial charge on any atom is 0.286 e. The third-order valence-electron chi connectivity index (χ3n) is 3.68. The van der Waals surface area contributed by atoms with E-state index in [4.69, 9.17) is 23.8 Å². The molecule has 1 heterocycles. The predicted molar refractivity (Wildman–Crippen MR) is 105 cm³/mol. The molecule has 0 saturated carbocycles. The molecule has 0 radical (unpaired) electrons. The van der Waals surface area contributed by atoms with Crippen LogP contribution in [0.25, 0.3) is 10.9 Å². The van der Waals surface area contributed by atoms with Gasteiger partial charge in [-0.1, -0.05) is 41.9 Å². The molecule has 128 valence electrons. The van der Waals surface area contributed by atoms with Crippen LogP contribution in [0.3, 0.4) is 0 Å². The van der Waals surface area contributed by atoms with E-state index >= 15 is 0 Å². The molecular formula is C18H17ClN4OS. The van der Waals surface area contributed by atoms with Crippen LogP contribution in [0.2, 0.25) is 5.02 Å². The van der Waals surface area contributed by atoms with Crippen LogP contribution in [-0.2, 0) is 6.42 Å². The summed E-state index contributed by atoms with van der Waals surface area (Å²) in [6.07, 6.45) is 0.801. The molecule has 0 aliphatic heterocycles. The number of aromatic nitrogens is 1. The number of carbonyl (C=O) groups excluding carboxylic acids is 1. The van der Waals surface area contributed by atoms with E-state index in [2.05, 4.69) is 21.2 Å². The molecule has 3 rings (SSSR count). The third-order valence-corrected chi connectivity index (χ3v) is 4.18. The first-order chi connectivity index (χ1) is 12.1. The van der Waals surface area contributed by atoms with E-state index in [0.29, 0.717) is 22.4 Å². The predicted octanol–water partition coefficient (Wildman–Crippen LogP) is 3.17. The molecule has 7 heteroatoms. The fourth-order valence-electron chi connectivity index (χ4n) is 2.39. The Morgan fingerprint density at radius 2 is 1.84 bits per heavy atom. The van der Waals surface area contributed by atoms with Crippen molar-refractivity contribution in [2.75, 3.05) is 6.54 Å². The molecule has 2 aromatic carbocycles. The van der Waals surface area contributed by atoms with Crippen LogP contribution in [-0.4, -0.2) is 22.5 Å². The molecule has 0 saturated heterocycles. The second-order valence-corrected chi connectivity index (χ2v) is 6.33. The zero-order valence-corrected chi connectivity index (χ0v) is 14.9. The molecule has 0 spiro atoms. The summed E-state index contributed by atoms with van der Waals surface area (Å²) in [5, 5.41) is 5.10. The van der Waals surface area contributed by atoms with Crippen molar-refractivity contribution in [1.29, 1.82) is 0 Å². The number of aromatic amines is 1. The number of H-pyrrole nitrogens is 1. The van der Waals surface area contributed by atoms with Gasteiger partial charge in [-0.2, -0.15) is 0 Å². The average Bonchev–Trinajstić information content (AvgIpc) is 3.05. The van der Waals surface area contributed by atoms with Gasteiger partial charge in [0.15, 0.2) is 5.11 Å². The topological polar surface area (TPSA) is 69.0 Å². The number of hydrogen-bond acceptors (Lipinski definition) is 2. The highest BCUT2D eigenvalue weighted by Gasteiger charge is 2.09. The van der Waals surface area contributed by atoms with Crippen molar-refractivity contribution >= 4 is 45.7 Å². The zero-order valence-electron chi connectivity index (χ0n) is 13.3. The van der Waals surface area contributed by atoms with Crippen LogP contribution in [0.5, 0.6) is 0 Å². The van der Waals surface area contributed by atoms with Gasteiger partial charge in [0.25, 0.3) is 5.91 Å². The third kappa shape index (κ3) is 4.71. The van der Waals surface area contributed by atoms with Gasteiger partial charge in [-0.05, 0) is 48.5 Å². The summed E-state index contributed by atoms with van der Waals surface area (Å²) in [6, 6.07) is 17.2. The number of hydrazine groups is 1. The number of thiocarbonyl (C=S) groups is 1. The number of benzene rings is 2. The van der Waals surface area contributed by atoms with Crippen molar-refractivity contribution in [3.8, 4) is 0 Å². The van der Waals surface area contributed by atoms with E-state index in [-0.39, 0.29) is 5.91 Å². The Hall–Kier alpha value is -2.57. The summed E-state index contributed by atoms with van der Waals surface area (Å²) >= 11 is 11.0. The van der Waals surface area contributed by atoms with Crippen LogP contribution in [0.4, 0.5) is 0 Å². The number of para-hydroxylation sites is 1.